The zero-order valence-corrected chi connectivity index (χ0v) is 22.5. The SMILES string of the molecule is CCOc1ccc(N(CC(=O)N/N=C\c2ccc(OCC#N)cc2)S(=O)(=O)c2ccc(OC)c(OC)c2)cc1. The summed E-state index contributed by atoms with van der Waals surface area (Å²) in [7, 11) is -1.37. The number of sulfonamides is 1. The normalized spacial score (nSPS) is 10.9. The third-order valence-electron chi connectivity index (χ3n) is 5.25. The second kappa shape index (κ2) is 13.7. The minimum atomic E-state index is -4.21. The first kappa shape index (κ1) is 28.8. The number of nitriles is 1. The van der Waals surface area contributed by atoms with Gasteiger partial charge in [0, 0.05) is 6.07 Å². The van der Waals surface area contributed by atoms with Crippen LogP contribution in [0.25, 0.3) is 0 Å². The Hall–Kier alpha value is -4.76. The molecular formula is C27H28N4O7S. The summed E-state index contributed by atoms with van der Waals surface area (Å²) in [5, 5.41) is 12.5. The summed E-state index contributed by atoms with van der Waals surface area (Å²) < 4.78 is 49.5. The molecule has 11 nitrogen and oxygen atoms in total. The molecule has 12 heteroatoms. The monoisotopic (exact) mass is 552 g/mol. The fourth-order valence-electron chi connectivity index (χ4n) is 3.40. The standard InChI is InChI=1S/C27H28N4O7S/c1-4-37-22-11-7-21(8-12-22)31(39(33,34)24-13-14-25(35-2)26(17-24)36-3)19-27(32)30-29-18-20-5-9-23(10-6-20)38-16-15-28/h5-14,17-18H,4,16,19H2,1-3H3,(H,30,32)/b29-18-. The minimum absolute atomic E-state index is 0.0689. The number of nitrogens with one attached hydrogen (secondary N) is 1. The number of benzene rings is 3. The summed E-state index contributed by atoms with van der Waals surface area (Å²) in [6.45, 7) is 1.66. The number of amides is 1. The third kappa shape index (κ3) is 7.62. The minimum Gasteiger partial charge on any atom is -0.494 e. The second-order valence-corrected chi connectivity index (χ2v) is 9.63. The molecule has 0 aromatic heterocycles. The Morgan fingerprint density at radius 1 is 0.974 bits per heavy atom. The lowest BCUT2D eigenvalue weighted by Gasteiger charge is -2.24. The summed E-state index contributed by atoms with van der Waals surface area (Å²) in [5.41, 5.74) is 3.26. The van der Waals surface area contributed by atoms with Crippen LogP contribution in [0.3, 0.4) is 0 Å². The maximum atomic E-state index is 13.7. The van der Waals surface area contributed by atoms with E-state index in [-0.39, 0.29) is 22.9 Å². The largest absolute Gasteiger partial charge is 0.494 e. The van der Waals surface area contributed by atoms with Crippen LogP contribution in [0, 0.1) is 11.3 Å². The van der Waals surface area contributed by atoms with Crippen molar-refractivity contribution in [2.45, 2.75) is 11.8 Å². The summed E-state index contributed by atoms with van der Waals surface area (Å²) in [4.78, 5) is 12.7. The number of nitrogens with zero attached hydrogens (tertiary/aromatic N) is 3. The molecule has 0 aliphatic carbocycles. The van der Waals surface area contributed by atoms with E-state index in [0.717, 1.165) is 4.31 Å². The highest BCUT2D eigenvalue weighted by Crippen LogP contribution is 2.32. The Kier molecular flexibility index (Phi) is 10.1. The number of ether oxygens (including phenoxy) is 4. The highest BCUT2D eigenvalue weighted by molar-refractivity contribution is 7.92. The molecule has 1 N–H and O–H groups in total. The topological polar surface area (TPSA) is 140 Å². The lowest BCUT2D eigenvalue weighted by molar-refractivity contribution is -0.119. The number of rotatable bonds is 13. The van der Waals surface area contributed by atoms with Gasteiger partial charge in [0.15, 0.2) is 18.1 Å². The predicted octanol–water partition coefficient (Wildman–Crippen LogP) is 3.35. The fourth-order valence-corrected chi connectivity index (χ4v) is 4.84. The highest BCUT2D eigenvalue weighted by Gasteiger charge is 2.28. The van der Waals surface area contributed by atoms with Gasteiger partial charge in [-0.3, -0.25) is 9.10 Å². The van der Waals surface area contributed by atoms with E-state index in [4.69, 9.17) is 24.2 Å². The Bertz CT molecular complexity index is 1430. The van der Waals surface area contributed by atoms with Crippen LogP contribution >= 0.6 is 0 Å². The molecule has 1 amide bonds. The summed E-state index contributed by atoms with van der Waals surface area (Å²) in [6, 6.07) is 19.1. The van der Waals surface area contributed by atoms with Gasteiger partial charge in [-0.05, 0) is 73.2 Å². The molecule has 0 unspecified atom stereocenters. The molecule has 0 fully saturated rings. The number of hydrazone groups is 1. The van der Waals surface area contributed by atoms with Gasteiger partial charge in [-0.1, -0.05) is 0 Å². The van der Waals surface area contributed by atoms with Crippen LogP contribution in [0.5, 0.6) is 23.0 Å². The van der Waals surface area contributed by atoms with Crippen molar-refractivity contribution in [1.29, 1.82) is 5.26 Å². The van der Waals surface area contributed by atoms with Crippen molar-refractivity contribution in [2.75, 3.05) is 38.3 Å². The number of methoxy groups -OCH3 is 2. The first-order valence-electron chi connectivity index (χ1n) is 11.7. The first-order chi connectivity index (χ1) is 18.8. The van der Waals surface area contributed by atoms with Gasteiger partial charge < -0.3 is 18.9 Å². The van der Waals surface area contributed by atoms with Gasteiger partial charge >= 0.3 is 0 Å². The van der Waals surface area contributed by atoms with Crippen LogP contribution in [0.2, 0.25) is 0 Å². The van der Waals surface area contributed by atoms with Gasteiger partial charge in [0.1, 0.15) is 24.1 Å². The molecule has 0 radical (unpaired) electrons. The molecule has 39 heavy (non-hydrogen) atoms. The number of hydrogen-bond donors (Lipinski definition) is 1. The van der Waals surface area contributed by atoms with Gasteiger partial charge in [-0.15, -0.1) is 0 Å². The van der Waals surface area contributed by atoms with Gasteiger partial charge in [-0.2, -0.15) is 10.4 Å². The lowest BCUT2D eigenvalue weighted by Crippen LogP contribution is -2.39. The molecule has 0 saturated carbocycles. The average Bonchev–Trinajstić information content (AvgIpc) is 2.95. The third-order valence-corrected chi connectivity index (χ3v) is 7.02. The predicted molar refractivity (Wildman–Crippen MR) is 145 cm³/mol. The number of anilines is 1. The van der Waals surface area contributed by atoms with Gasteiger partial charge in [0.25, 0.3) is 15.9 Å². The van der Waals surface area contributed by atoms with Gasteiger partial charge in [0.05, 0.1) is 37.6 Å². The van der Waals surface area contributed by atoms with E-state index >= 15 is 0 Å². The molecule has 0 bridgehead atoms. The Morgan fingerprint density at radius 2 is 1.62 bits per heavy atom. The molecular weight excluding hydrogens is 524 g/mol. The average molecular weight is 553 g/mol. The van der Waals surface area contributed by atoms with Crippen molar-refractivity contribution in [2.24, 2.45) is 5.10 Å². The zero-order chi connectivity index (χ0) is 28.3. The Morgan fingerprint density at radius 3 is 2.23 bits per heavy atom. The highest BCUT2D eigenvalue weighted by atomic mass is 32.2. The van der Waals surface area contributed by atoms with Crippen LogP contribution in [0.15, 0.2) is 76.7 Å². The number of carbonyl (C=O) groups excluding carboxylic acids is 1. The van der Waals surface area contributed by atoms with E-state index in [1.54, 1.807) is 48.5 Å². The second-order valence-electron chi connectivity index (χ2n) is 7.76. The smallest absolute Gasteiger partial charge is 0.264 e. The Labute approximate surface area is 227 Å². The molecule has 3 aromatic carbocycles. The number of hydrogen-bond acceptors (Lipinski definition) is 9. The van der Waals surface area contributed by atoms with E-state index in [1.807, 2.05) is 13.0 Å². The van der Waals surface area contributed by atoms with E-state index in [1.165, 1.54) is 38.6 Å². The van der Waals surface area contributed by atoms with Crippen molar-refractivity contribution in [3.63, 3.8) is 0 Å². The molecule has 3 aromatic rings. The first-order valence-corrected chi connectivity index (χ1v) is 13.2. The van der Waals surface area contributed by atoms with Crippen LogP contribution in [0.1, 0.15) is 12.5 Å². The van der Waals surface area contributed by atoms with Gasteiger partial charge in [-0.25, -0.2) is 13.8 Å². The molecule has 204 valence electrons. The Balaban J connectivity index is 1.83. The summed E-state index contributed by atoms with van der Waals surface area (Å²) in [5.74, 6) is 0.995. The van der Waals surface area contributed by atoms with Crippen molar-refractivity contribution in [3.8, 4) is 29.1 Å². The van der Waals surface area contributed by atoms with Crippen LogP contribution in [-0.2, 0) is 14.8 Å². The van der Waals surface area contributed by atoms with E-state index < -0.39 is 22.5 Å². The van der Waals surface area contributed by atoms with E-state index in [2.05, 4.69) is 10.5 Å². The molecule has 3 rings (SSSR count). The maximum Gasteiger partial charge on any atom is 0.264 e. The van der Waals surface area contributed by atoms with Crippen molar-refractivity contribution < 1.29 is 32.2 Å². The molecule has 0 aliphatic heterocycles. The molecule has 0 heterocycles. The maximum absolute atomic E-state index is 13.7. The zero-order valence-electron chi connectivity index (χ0n) is 21.7. The quantitative estimate of drug-likeness (QED) is 0.252. The van der Waals surface area contributed by atoms with Crippen molar-refractivity contribution in [1.82, 2.24) is 5.43 Å². The molecule has 0 saturated heterocycles. The van der Waals surface area contributed by atoms with E-state index in [9.17, 15) is 13.2 Å². The van der Waals surface area contributed by atoms with Gasteiger partial charge in [0.2, 0.25) is 0 Å². The fraction of sp³-hybridized carbons (Fsp3) is 0.222. The molecule has 0 aliphatic rings. The van der Waals surface area contributed by atoms with E-state index in [0.29, 0.717) is 29.4 Å². The van der Waals surface area contributed by atoms with Crippen LogP contribution in [-0.4, -0.2) is 54.5 Å². The van der Waals surface area contributed by atoms with Crippen LogP contribution in [0.4, 0.5) is 5.69 Å². The van der Waals surface area contributed by atoms with Crippen molar-refractivity contribution in [3.05, 3.63) is 72.3 Å². The van der Waals surface area contributed by atoms with Crippen molar-refractivity contribution >= 4 is 27.8 Å². The molecule has 0 atom stereocenters. The van der Waals surface area contributed by atoms with Crippen LogP contribution < -0.4 is 28.7 Å². The molecule has 0 spiro atoms. The number of carbonyl (C=O) groups is 1. The summed E-state index contributed by atoms with van der Waals surface area (Å²) >= 11 is 0. The lowest BCUT2D eigenvalue weighted by atomic mass is 10.2. The summed E-state index contributed by atoms with van der Waals surface area (Å²) in [6.07, 6.45) is 1.40.